The van der Waals surface area contributed by atoms with E-state index in [-0.39, 0.29) is 10.6 Å². The van der Waals surface area contributed by atoms with Gasteiger partial charge >= 0.3 is 6.03 Å². The van der Waals surface area contributed by atoms with Crippen LogP contribution in [-0.4, -0.2) is 11.9 Å². The molecular formula is C20H12BrCl3N2O2. The SMILES string of the molecule is O=C(NC(=O)c1ccccc1Cl)Nc1cc(Cl)c(-c2ccccc2Br)c(Cl)c1. The van der Waals surface area contributed by atoms with Crippen molar-refractivity contribution in [3.8, 4) is 11.1 Å². The lowest BCUT2D eigenvalue weighted by Crippen LogP contribution is -2.34. The molecule has 0 heterocycles. The van der Waals surface area contributed by atoms with Crippen molar-refractivity contribution in [2.45, 2.75) is 0 Å². The van der Waals surface area contributed by atoms with Crippen LogP contribution in [0.1, 0.15) is 10.4 Å². The van der Waals surface area contributed by atoms with E-state index in [4.69, 9.17) is 34.8 Å². The van der Waals surface area contributed by atoms with Crippen molar-refractivity contribution in [1.82, 2.24) is 5.32 Å². The lowest BCUT2D eigenvalue weighted by Gasteiger charge is -2.13. The molecule has 142 valence electrons. The second-order valence-electron chi connectivity index (χ2n) is 5.68. The third-order valence-electron chi connectivity index (χ3n) is 3.79. The maximum atomic E-state index is 12.2. The molecule has 3 rings (SSSR count). The van der Waals surface area contributed by atoms with Crippen LogP contribution in [0.5, 0.6) is 0 Å². The van der Waals surface area contributed by atoms with Gasteiger partial charge in [0, 0.05) is 15.7 Å². The van der Waals surface area contributed by atoms with Gasteiger partial charge in [-0.25, -0.2) is 4.79 Å². The van der Waals surface area contributed by atoms with Crippen molar-refractivity contribution >= 4 is 68.4 Å². The molecule has 0 aromatic heterocycles. The molecule has 0 saturated heterocycles. The highest BCUT2D eigenvalue weighted by molar-refractivity contribution is 9.10. The van der Waals surface area contributed by atoms with Crippen molar-refractivity contribution in [3.05, 3.63) is 85.8 Å². The molecule has 0 aliphatic carbocycles. The highest BCUT2D eigenvalue weighted by Crippen LogP contribution is 2.40. The summed E-state index contributed by atoms with van der Waals surface area (Å²) in [7, 11) is 0. The number of hydrogen-bond donors (Lipinski definition) is 2. The van der Waals surface area contributed by atoms with E-state index in [0.717, 1.165) is 10.0 Å². The highest BCUT2D eigenvalue weighted by Gasteiger charge is 2.16. The Hall–Kier alpha value is -2.05. The molecule has 3 aromatic rings. The normalized spacial score (nSPS) is 10.4. The summed E-state index contributed by atoms with van der Waals surface area (Å²) in [6.07, 6.45) is 0. The lowest BCUT2D eigenvalue weighted by molar-refractivity contribution is 0.0967. The summed E-state index contributed by atoms with van der Waals surface area (Å²) in [6, 6.07) is 16.3. The first-order valence-corrected chi connectivity index (χ1v) is 9.90. The monoisotopic (exact) mass is 496 g/mol. The molecule has 3 amide bonds. The van der Waals surface area contributed by atoms with Gasteiger partial charge in [0.05, 0.1) is 20.6 Å². The minimum atomic E-state index is -0.731. The largest absolute Gasteiger partial charge is 0.326 e. The molecule has 0 spiro atoms. The molecule has 2 N–H and O–H groups in total. The standard InChI is InChI=1S/C20H12BrCl3N2O2/c21-14-7-3-1-5-12(14)18-16(23)9-11(10-17(18)24)25-20(28)26-19(27)13-6-2-4-8-15(13)22/h1-10H,(H2,25,26,27,28). The average molecular weight is 499 g/mol. The number of imide groups is 1. The number of anilines is 1. The second kappa shape index (κ2) is 8.97. The minimum Gasteiger partial charge on any atom is -0.308 e. The number of hydrogen-bond acceptors (Lipinski definition) is 2. The number of benzene rings is 3. The van der Waals surface area contributed by atoms with E-state index in [9.17, 15) is 9.59 Å². The molecule has 0 atom stereocenters. The summed E-state index contributed by atoms with van der Waals surface area (Å²) in [5.74, 6) is -0.620. The van der Waals surface area contributed by atoms with Crippen molar-refractivity contribution in [1.29, 1.82) is 0 Å². The molecule has 3 aromatic carbocycles. The molecular weight excluding hydrogens is 486 g/mol. The van der Waals surface area contributed by atoms with Crippen LogP contribution < -0.4 is 10.6 Å². The summed E-state index contributed by atoms with van der Waals surface area (Å²) in [5.41, 5.74) is 1.99. The van der Waals surface area contributed by atoms with Crippen molar-refractivity contribution in [3.63, 3.8) is 0 Å². The van der Waals surface area contributed by atoms with E-state index < -0.39 is 11.9 Å². The Balaban J connectivity index is 1.78. The smallest absolute Gasteiger partial charge is 0.308 e. The molecule has 4 nitrogen and oxygen atoms in total. The fraction of sp³-hybridized carbons (Fsp3) is 0. The van der Waals surface area contributed by atoms with Crippen molar-refractivity contribution < 1.29 is 9.59 Å². The fourth-order valence-electron chi connectivity index (χ4n) is 2.54. The number of halogens is 4. The zero-order valence-electron chi connectivity index (χ0n) is 14.1. The Labute approximate surface area is 184 Å². The predicted molar refractivity (Wildman–Crippen MR) is 118 cm³/mol. The Kier molecular flexibility index (Phi) is 6.62. The van der Waals surface area contributed by atoms with Crippen LogP contribution >= 0.6 is 50.7 Å². The first kappa shape index (κ1) is 20.7. The first-order chi connectivity index (χ1) is 13.4. The molecule has 0 aliphatic rings. The molecule has 0 aliphatic heterocycles. The summed E-state index contributed by atoms with van der Waals surface area (Å²) >= 11 is 22.2. The van der Waals surface area contributed by atoms with Gasteiger partial charge in [0.1, 0.15) is 0 Å². The van der Waals surface area contributed by atoms with Crippen LogP contribution in [-0.2, 0) is 0 Å². The summed E-state index contributed by atoms with van der Waals surface area (Å²) in [6.45, 7) is 0. The van der Waals surface area contributed by atoms with Gasteiger partial charge in [-0.05, 0) is 35.9 Å². The topological polar surface area (TPSA) is 58.2 Å². The van der Waals surface area contributed by atoms with E-state index in [1.165, 1.54) is 6.07 Å². The fourth-order valence-corrected chi connectivity index (χ4v) is 3.94. The van der Waals surface area contributed by atoms with Crippen molar-refractivity contribution in [2.24, 2.45) is 0 Å². The van der Waals surface area contributed by atoms with Crippen LogP contribution in [0.3, 0.4) is 0 Å². The quantitative estimate of drug-likeness (QED) is 0.407. The maximum Gasteiger partial charge on any atom is 0.326 e. The van der Waals surface area contributed by atoms with Gasteiger partial charge in [0.25, 0.3) is 5.91 Å². The van der Waals surface area contributed by atoms with Gasteiger partial charge in [-0.2, -0.15) is 0 Å². The number of nitrogens with one attached hydrogen (secondary N) is 2. The summed E-state index contributed by atoms with van der Waals surface area (Å²) < 4.78 is 0.836. The van der Waals surface area contributed by atoms with Gasteiger partial charge in [-0.3, -0.25) is 10.1 Å². The first-order valence-electron chi connectivity index (χ1n) is 7.97. The Morgan fingerprint density at radius 1 is 0.821 bits per heavy atom. The van der Waals surface area contributed by atoms with Gasteiger partial charge in [0.15, 0.2) is 0 Å². The molecule has 28 heavy (non-hydrogen) atoms. The van der Waals surface area contributed by atoms with Gasteiger partial charge in [-0.15, -0.1) is 0 Å². The Morgan fingerprint density at radius 3 is 2.07 bits per heavy atom. The van der Waals surface area contributed by atoms with Crippen LogP contribution in [0, 0.1) is 0 Å². The molecule has 0 radical (unpaired) electrons. The van der Waals surface area contributed by atoms with Gasteiger partial charge < -0.3 is 5.32 Å². The zero-order chi connectivity index (χ0) is 20.3. The van der Waals surface area contributed by atoms with Gasteiger partial charge in [-0.1, -0.05) is 81.1 Å². The molecule has 0 fully saturated rings. The number of rotatable bonds is 3. The maximum absolute atomic E-state index is 12.2. The third kappa shape index (κ3) is 4.67. The molecule has 0 unspecified atom stereocenters. The molecule has 0 saturated carbocycles. The Bertz CT molecular complexity index is 1050. The second-order valence-corrected chi connectivity index (χ2v) is 7.76. The zero-order valence-corrected chi connectivity index (χ0v) is 18.0. The highest BCUT2D eigenvalue weighted by atomic mass is 79.9. The Morgan fingerprint density at radius 2 is 1.43 bits per heavy atom. The van der Waals surface area contributed by atoms with Crippen LogP contribution in [0.4, 0.5) is 10.5 Å². The van der Waals surface area contributed by atoms with E-state index in [2.05, 4.69) is 26.6 Å². The summed E-state index contributed by atoms with van der Waals surface area (Å²) in [4.78, 5) is 24.3. The van der Waals surface area contributed by atoms with Gasteiger partial charge in [0.2, 0.25) is 0 Å². The average Bonchev–Trinajstić information content (AvgIpc) is 2.63. The van der Waals surface area contributed by atoms with Crippen LogP contribution in [0.15, 0.2) is 65.1 Å². The molecule has 0 bridgehead atoms. The summed E-state index contributed by atoms with van der Waals surface area (Å²) in [5, 5.41) is 5.71. The van der Waals surface area contributed by atoms with Crippen molar-refractivity contribution in [2.75, 3.05) is 5.32 Å². The molecule has 8 heteroatoms. The van der Waals surface area contributed by atoms with E-state index in [0.29, 0.717) is 21.3 Å². The van der Waals surface area contributed by atoms with E-state index >= 15 is 0 Å². The number of carbonyl (C=O) groups excluding carboxylic acids is 2. The predicted octanol–water partition coefficient (Wildman–Crippen LogP) is 7.04. The van der Waals surface area contributed by atoms with Crippen LogP contribution in [0.2, 0.25) is 15.1 Å². The number of carbonyl (C=O) groups is 2. The lowest BCUT2D eigenvalue weighted by atomic mass is 10.1. The number of amides is 3. The number of urea groups is 1. The minimum absolute atomic E-state index is 0.194. The van der Waals surface area contributed by atoms with Crippen LogP contribution in [0.25, 0.3) is 11.1 Å². The van der Waals surface area contributed by atoms with E-state index in [1.807, 2.05) is 24.3 Å². The van der Waals surface area contributed by atoms with E-state index in [1.54, 1.807) is 30.3 Å². The third-order valence-corrected chi connectivity index (χ3v) is 5.41.